The summed E-state index contributed by atoms with van der Waals surface area (Å²) < 4.78 is 5.32. The molecule has 0 fully saturated rings. The fraction of sp³-hybridized carbons (Fsp3) is 0.0625. The van der Waals surface area contributed by atoms with Gasteiger partial charge < -0.3 is 9.52 Å². The Labute approximate surface area is 111 Å². The van der Waals surface area contributed by atoms with Crippen LogP contribution in [-0.4, -0.2) is 10.1 Å². The maximum Gasteiger partial charge on any atom is 0.306 e. The molecule has 0 unspecified atom stereocenters. The summed E-state index contributed by atoms with van der Waals surface area (Å²) in [5.41, 5.74) is 2.51. The fourth-order valence-electron chi connectivity index (χ4n) is 1.95. The quantitative estimate of drug-likeness (QED) is 0.773. The molecule has 0 amide bonds. The summed E-state index contributed by atoms with van der Waals surface area (Å²) in [6.07, 6.45) is 0.559. The average molecular weight is 251 g/mol. The van der Waals surface area contributed by atoms with Crippen molar-refractivity contribution in [2.75, 3.05) is 0 Å². The molecule has 1 heterocycles. The third-order valence-electron chi connectivity index (χ3n) is 2.91. The summed E-state index contributed by atoms with van der Waals surface area (Å²) in [6, 6.07) is 19.4. The zero-order chi connectivity index (χ0) is 13.1. The molecule has 3 rings (SSSR count). The Bertz CT molecular complexity index is 660. The van der Waals surface area contributed by atoms with Gasteiger partial charge in [-0.15, -0.1) is 0 Å². The van der Waals surface area contributed by atoms with Gasteiger partial charge in [0.2, 0.25) is 5.89 Å². The third kappa shape index (κ3) is 2.50. The Morgan fingerprint density at radius 3 is 2.21 bits per heavy atom. The molecule has 0 saturated carbocycles. The summed E-state index contributed by atoms with van der Waals surface area (Å²) in [4.78, 5) is 4.36. The smallest absolute Gasteiger partial charge is 0.306 e. The number of oxazole rings is 1. The van der Waals surface area contributed by atoms with Gasteiger partial charge in [-0.1, -0.05) is 48.5 Å². The highest BCUT2D eigenvalue weighted by Crippen LogP contribution is 2.27. The first-order valence-electron chi connectivity index (χ1n) is 6.11. The highest BCUT2D eigenvalue weighted by molar-refractivity contribution is 5.53. The second-order valence-corrected chi connectivity index (χ2v) is 4.30. The minimum atomic E-state index is -0.109. The summed E-state index contributed by atoms with van der Waals surface area (Å²) >= 11 is 0. The summed E-state index contributed by atoms with van der Waals surface area (Å²) in [7, 11) is 0. The van der Waals surface area contributed by atoms with Gasteiger partial charge in [-0.05, 0) is 17.7 Å². The third-order valence-corrected chi connectivity index (χ3v) is 2.91. The standard InChI is InChI=1S/C16H13NO2/c18-16-14(11-12-7-3-1-4-8-12)17-15(19-16)13-9-5-2-6-10-13/h1-10,18H,11H2. The van der Waals surface area contributed by atoms with E-state index in [0.29, 0.717) is 18.0 Å². The van der Waals surface area contributed by atoms with Crippen LogP contribution >= 0.6 is 0 Å². The number of aromatic hydroxyl groups is 1. The second kappa shape index (κ2) is 4.98. The van der Waals surface area contributed by atoms with Gasteiger partial charge >= 0.3 is 5.95 Å². The molecule has 3 nitrogen and oxygen atoms in total. The van der Waals surface area contributed by atoms with Crippen LogP contribution < -0.4 is 0 Å². The van der Waals surface area contributed by atoms with E-state index in [1.807, 2.05) is 60.7 Å². The van der Waals surface area contributed by atoms with E-state index in [1.165, 1.54) is 0 Å². The largest absolute Gasteiger partial charge is 0.479 e. The number of nitrogens with zero attached hydrogens (tertiary/aromatic N) is 1. The van der Waals surface area contributed by atoms with E-state index in [4.69, 9.17) is 4.42 Å². The van der Waals surface area contributed by atoms with E-state index in [1.54, 1.807) is 0 Å². The zero-order valence-electron chi connectivity index (χ0n) is 10.3. The first kappa shape index (κ1) is 11.5. The molecule has 3 heteroatoms. The van der Waals surface area contributed by atoms with E-state index in [9.17, 15) is 5.11 Å². The first-order chi connectivity index (χ1) is 9.33. The molecule has 2 aromatic carbocycles. The van der Waals surface area contributed by atoms with Gasteiger partial charge in [0.25, 0.3) is 0 Å². The SMILES string of the molecule is Oc1oc(-c2ccccc2)nc1Cc1ccccc1. The predicted octanol–water partition coefficient (Wildman–Crippen LogP) is 3.64. The first-order valence-corrected chi connectivity index (χ1v) is 6.11. The predicted molar refractivity (Wildman–Crippen MR) is 72.9 cm³/mol. The van der Waals surface area contributed by atoms with Gasteiger partial charge in [-0.25, -0.2) is 4.98 Å². The van der Waals surface area contributed by atoms with Gasteiger partial charge in [0.1, 0.15) is 5.69 Å². The molecule has 0 aliphatic rings. The molecule has 19 heavy (non-hydrogen) atoms. The Balaban J connectivity index is 1.90. The maximum atomic E-state index is 9.82. The van der Waals surface area contributed by atoms with Crippen molar-refractivity contribution >= 4 is 0 Å². The summed E-state index contributed by atoms with van der Waals surface area (Å²) in [5.74, 6) is 0.340. The van der Waals surface area contributed by atoms with Crippen LogP contribution in [0.15, 0.2) is 65.1 Å². The average Bonchev–Trinajstić information content (AvgIpc) is 2.82. The van der Waals surface area contributed by atoms with Crippen LogP contribution in [0.5, 0.6) is 5.95 Å². The lowest BCUT2D eigenvalue weighted by Gasteiger charge is -1.96. The fourth-order valence-corrected chi connectivity index (χ4v) is 1.95. The number of rotatable bonds is 3. The molecule has 1 aromatic heterocycles. The number of hydrogen-bond donors (Lipinski definition) is 1. The highest BCUT2D eigenvalue weighted by Gasteiger charge is 2.13. The Morgan fingerprint density at radius 2 is 1.53 bits per heavy atom. The van der Waals surface area contributed by atoms with E-state index in [2.05, 4.69) is 4.98 Å². The van der Waals surface area contributed by atoms with E-state index in [0.717, 1.165) is 11.1 Å². The van der Waals surface area contributed by atoms with E-state index < -0.39 is 0 Å². The minimum Gasteiger partial charge on any atom is -0.479 e. The van der Waals surface area contributed by atoms with Crippen molar-refractivity contribution in [1.82, 2.24) is 4.98 Å². The Hall–Kier alpha value is -2.55. The molecule has 0 atom stereocenters. The molecule has 0 bridgehead atoms. The molecule has 0 radical (unpaired) electrons. The lowest BCUT2D eigenvalue weighted by atomic mass is 10.1. The summed E-state index contributed by atoms with van der Waals surface area (Å²) in [6.45, 7) is 0. The van der Waals surface area contributed by atoms with Crippen LogP contribution in [0.2, 0.25) is 0 Å². The molecule has 0 spiro atoms. The molecular formula is C16H13NO2. The van der Waals surface area contributed by atoms with Crippen molar-refractivity contribution in [2.24, 2.45) is 0 Å². The van der Waals surface area contributed by atoms with E-state index in [-0.39, 0.29) is 5.95 Å². The lowest BCUT2D eigenvalue weighted by Crippen LogP contribution is -1.88. The van der Waals surface area contributed by atoms with Crippen molar-refractivity contribution in [3.63, 3.8) is 0 Å². The topological polar surface area (TPSA) is 46.3 Å². The zero-order valence-corrected chi connectivity index (χ0v) is 10.3. The van der Waals surface area contributed by atoms with Gasteiger partial charge in [-0.3, -0.25) is 0 Å². The highest BCUT2D eigenvalue weighted by atomic mass is 16.5. The maximum absolute atomic E-state index is 9.82. The molecule has 0 saturated heterocycles. The van der Waals surface area contributed by atoms with Crippen molar-refractivity contribution in [3.8, 4) is 17.4 Å². The van der Waals surface area contributed by atoms with Crippen LogP contribution in [0.3, 0.4) is 0 Å². The summed E-state index contributed by atoms with van der Waals surface area (Å²) in [5, 5.41) is 9.82. The monoisotopic (exact) mass is 251 g/mol. The Kier molecular flexibility index (Phi) is 3.02. The minimum absolute atomic E-state index is 0.109. The van der Waals surface area contributed by atoms with Crippen molar-refractivity contribution < 1.29 is 9.52 Å². The molecule has 0 aliphatic heterocycles. The number of hydrogen-bond acceptors (Lipinski definition) is 3. The number of aromatic nitrogens is 1. The molecule has 3 aromatic rings. The van der Waals surface area contributed by atoms with Gasteiger partial charge in [0.05, 0.1) is 0 Å². The molecule has 94 valence electrons. The van der Waals surface area contributed by atoms with Gasteiger partial charge in [-0.2, -0.15) is 0 Å². The molecular weight excluding hydrogens is 238 g/mol. The van der Waals surface area contributed by atoms with Gasteiger partial charge in [0.15, 0.2) is 0 Å². The van der Waals surface area contributed by atoms with Crippen molar-refractivity contribution in [2.45, 2.75) is 6.42 Å². The van der Waals surface area contributed by atoms with Crippen molar-refractivity contribution in [1.29, 1.82) is 0 Å². The van der Waals surface area contributed by atoms with E-state index >= 15 is 0 Å². The van der Waals surface area contributed by atoms with Crippen LogP contribution in [0.1, 0.15) is 11.3 Å². The normalized spacial score (nSPS) is 10.5. The van der Waals surface area contributed by atoms with Crippen molar-refractivity contribution in [3.05, 3.63) is 71.9 Å². The van der Waals surface area contributed by atoms with Gasteiger partial charge in [0, 0.05) is 12.0 Å². The lowest BCUT2D eigenvalue weighted by molar-refractivity contribution is 0.333. The van der Waals surface area contributed by atoms with Crippen LogP contribution in [0.4, 0.5) is 0 Å². The van der Waals surface area contributed by atoms with Crippen LogP contribution in [0, 0.1) is 0 Å². The number of benzene rings is 2. The van der Waals surface area contributed by atoms with Crippen LogP contribution in [-0.2, 0) is 6.42 Å². The molecule has 1 N–H and O–H groups in total. The Morgan fingerprint density at radius 1 is 0.895 bits per heavy atom. The second-order valence-electron chi connectivity index (χ2n) is 4.30. The molecule has 0 aliphatic carbocycles. The van der Waals surface area contributed by atoms with Crippen LogP contribution in [0.25, 0.3) is 11.5 Å².